The molecule has 0 saturated heterocycles. The van der Waals surface area contributed by atoms with Crippen LogP contribution in [0.15, 0.2) is 16.7 Å². The molecule has 0 bridgehead atoms. The number of aromatic nitrogens is 1. The van der Waals surface area contributed by atoms with E-state index >= 15 is 0 Å². The molecule has 0 spiro atoms. The lowest BCUT2D eigenvalue weighted by Gasteiger charge is -2.38. The molecule has 1 saturated carbocycles. The highest BCUT2D eigenvalue weighted by atomic mass is 79.9. The van der Waals surface area contributed by atoms with Crippen molar-refractivity contribution < 1.29 is 0 Å². The van der Waals surface area contributed by atoms with Crippen LogP contribution in [0.4, 0.5) is 5.82 Å². The van der Waals surface area contributed by atoms with Crippen LogP contribution in [0.2, 0.25) is 0 Å². The normalized spacial score (nSPS) is 15.9. The van der Waals surface area contributed by atoms with Crippen LogP contribution in [0.3, 0.4) is 0 Å². The van der Waals surface area contributed by atoms with E-state index in [1.807, 2.05) is 6.20 Å². The van der Waals surface area contributed by atoms with Gasteiger partial charge < -0.3 is 10.6 Å². The van der Waals surface area contributed by atoms with Crippen molar-refractivity contribution in [2.24, 2.45) is 5.73 Å². The van der Waals surface area contributed by atoms with Gasteiger partial charge >= 0.3 is 0 Å². The quantitative estimate of drug-likeness (QED) is 0.923. The van der Waals surface area contributed by atoms with Crippen LogP contribution in [0, 0.1) is 6.92 Å². The number of anilines is 1. The van der Waals surface area contributed by atoms with E-state index in [0.717, 1.165) is 16.8 Å². The van der Waals surface area contributed by atoms with Crippen molar-refractivity contribution in [3.05, 3.63) is 22.3 Å². The summed E-state index contributed by atoms with van der Waals surface area (Å²) >= 11 is 3.59. The van der Waals surface area contributed by atoms with E-state index in [9.17, 15) is 0 Å². The second-order valence-electron chi connectivity index (χ2n) is 4.38. The largest absolute Gasteiger partial charge is 0.351 e. The van der Waals surface area contributed by atoms with E-state index in [4.69, 9.17) is 5.73 Å². The Kier molecular flexibility index (Phi) is 3.82. The van der Waals surface area contributed by atoms with Crippen LogP contribution < -0.4 is 10.6 Å². The molecule has 4 heteroatoms. The number of hydrogen-bond donors (Lipinski definition) is 1. The van der Waals surface area contributed by atoms with E-state index in [1.165, 1.54) is 24.8 Å². The Morgan fingerprint density at radius 2 is 2.31 bits per heavy atom. The summed E-state index contributed by atoms with van der Waals surface area (Å²) in [6.45, 7) is 3.62. The predicted molar refractivity (Wildman–Crippen MR) is 70.7 cm³/mol. The Balaban J connectivity index is 2.23. The third kappa shape index (κ3) is 2.38. The highest BCUT2D eigenvalue weighted by Crippen LogP contribution is 2.32. The SMILES string of the molecule is Cc1cnc(N(CCN)C2CCC2)c(Br)c1. The number of halogens is 1. The minimum Gasteiger partial charge on any atom is -0.351 e. The van der Waals surface area contributed by atoms with Crippen molar-refractivity contribution in [1.82, 2.24) is 4.98 Å². The first kappa shape index (κ1) is 11.9. The van der Waals surface area contributed by atoms with Gasteiger partial charge in [-0.25, -0.2) is 4.98 Å². The van der Waals surface area contributed by atoms with Crippen LogP contribution in [-0.4, -0.2) is 24.1 Å². The van der Waals surface area contributed by atoms with Gasteiger partial charge in [0, 0.05) is 25.3 Å². The molecule has 3 nitrogen and oxygen atoms in total. The van der Waals surface area contributed by atoms with Crippen molar-refractivity contribution in [1.29, 1.82) is 0 Å². The molecule has 1 aliphatic rings. The Bertz CT molecular complexity index is 363. The van der Waals surface area contributed by atoms with Gasteiger partial charge in [-0.05, 0) is 53.7 Å². The van der Waals surface area contributed by atoms with Gasteiger partial charge in [0.15, 0.2) is 0 Å². The zero-order valence-electron chi connectivity index (χ0n) is 9.62. The van der Waals surface area contributed by atoms with Crippen LogP contribution in [-0.2, 0) is 0 Å². The van der Waals surface area contributed by atoms with Gasteiger partial charge in [0.05, 0.1) is 4.47 Å². The summed E-state index contributed by atoms with van der Waals surface area (Å²) in [5, 5.41) is 0. The van der Waals surface area contributed by atoms with Gasteiger partial charge in [-0.15, -0.1) is 0 Å². The summed E-state index contributed by atoms with van der Waals surface area (Å²) in [6, 6.07) is 2.75. The molecule has 1 heterocycles. The minimum absolute atomic E-state index is 0.634. The van der Waals surface area contributed by atoms with E-state index in [-0.39, 0.29) is 0 Å². The molecule has 0 radical (unpaired) electrons. The summed E-state index contributed by atoms with van der Waals surface area (Å²) in [5.41, 5.74) is 6.86. The van der Waals surface area contributed by atoms with Crippen LogP contribution >= 0.6 is 15.9 Å². The van der Waals surface area contributed by atoms with E-state index < -0.39 is 0 Å². The molecule has 0 unspecified atom stereocenters. The smallest absolute Gasteiger partial charge is 0.143 e. The fourth-order valence-electron chi connectivity index (χ4n) is 2.04. The Morgan fingerprint density at radius 1 is 1.56 bits per heavy atom. The fraction of sp³-hybridized carbons (Fsp3) is 0.583. The van der Waals surface area contributed by atoms with Crippen molar-refractivity contribution in [3.63, 3.8) is 0 Å². The number of hydrogen-bond acceptors (Lipinski definition) is 3. The predicted octanol–water partition coefficient (Wildman–Crippen LogP) is 2.47. The third-order valence-corrected chi connectivity index (χ3v) is 3.70. The first-order valence-corrected chi connectivity index (χ1v) is 6.60. The summed E-state index contributed by atoms with van der Waals surface area (Å²) in [6.07, 6.45) is 5.78. The number of rotatable bonds is 4. The van der Waals surface area contributed by atoms with Gasteiger partial charge in [-0.1, -0.05) is 0 Å². The fourth-order valence-corrected chi connectivity index (χ4v) is 2.73. The molecule has 88 valence electrons. The van der Waals surface area contributed by atoms with E-state index in [0.29, 0.717) is 12.6 Å². The number of nitrogens with two attached hydrogens (primary N) is 1. The Morgan fingerprint density at radius 3 is 2.81 bits per heavy atom. The maximum atomic E-state index is 5.68. The summed E-state index contributed by atoms with van der Waals surface area (Å²) in [5.74, 6) is 1.04. The third-order valence-electron chi connectivity index (χ3n) is 3.12. The molecular formula is C12H18BrN3. The highest BCUT2D eigenvalue weighted by Gasteiger charge is 2.26. The summed E-state index contributed by atoms with van der Waals surface area (Å²) in [4.78, 5) is 6.86. The average Bonchev–Trinajstić information content (AvgIpc) is 2.14. The maximum Gasteiger partial charge on any atom is 0.143 e. The first-order valence-electron chi connectivity index (χ1n) is 5.81. The monoisotopic (exact) mass is 283 g/mol. The molecule has 1 fully saturated rings. The van der Waals surface area contributed by atoms with Gasteiger partial charge in [0.25, 0.3) is 0 Å². The lowest BCUT2D eigenvalue weighted by Crippen LogP contribution is -2.43. The Hall–Kier alpha value is -0.610. The molecule has 1 aliphatic carbocycles. The molecular weight excluding hydrogens is 266 g/mol. The molecule has 1 aromatic rings. The molecule has 0 atom stereocenters. The second-order valence-corrected chi connectivity index (χ2v) is 5.24. The van der Waals surface area contributed by atoms with Crippen molar-refractivity contribution >= 4 is 21.7 Å². The van der Waals surface area contributed by atoms with E-state index in [1.54, 1.807) is 0 Å². The Labute approximate surface area is 105 Å². The zero-order chi connectivity index (χ0) is 11.5. The van der Waals surface area contributed by atoms with Gasteiger partial charge in [0.1, 0.15) is 5.82 Å². The van der Waals surface area contributed by atoms with Gasteiger partial charge in [0.2, 0.25) is 0 Å². The lowest BCUT2D eigenvalue weighted by molar-refractivity contribution is 0.385. The molecule has 16 heavy (non-hydrogen) atoms. The zero-order valence-corrected chi connectivity index (χ0v) is 11.2. The topological polar surface area (TPSA) is 42.2 Å². The van der Waals surface area contributed by atoms with Crippen LogP contribution in [0.1, 0.15) is 24.8 Å². The second kappa shape index (κ2) is 5.15. The first-order chi connectivity index (χ1) is 7.72. The number of nitrogens with zero attached hydrogens (tertiary/aromatic N) is 2. The summed E-state index contributed by atoms with van der Waals surface area (Å²) in [7, 11) is 0. The maximum absolute atomic E-state index is 5.68. The minimum atomic E-state index is 0.634. The lowest BCUT2D eigenvalue weighted by atomic mass is 9.91. The number of aryl methyl sites for hydroxylation is 1. The number of pyridine rings is 1. The molecule has 1 aromatic heterocycles. The van der Waals surface area contributed by atoms with E-state index in [2.05, 4.69) is 38.8 Å². The van der Waals surface area contributed by atoms with Gasteiger partial charge in [-0.3, -0.25) is 0 Å². The summed E-state index contributed by atoms with van der Waals surface area (Å²) < 4.78 is 1.08. The van der Waals surface area contributed by atoms with Crippen molar-refractivity contribution in [3.8, 4) is 0 Å². The van der Waals surface area contributed by atoms with Gasteiger partial charge in [-0.2, -0.15) is 0 Å². The molecule has 0 amide bonds. The molecule has 0 aliphatic heterocycles. The molecule has 0 aromatic carbocycles. The highest BCUT2D eigenvalue weighted by molar-refractivity contribution is 9.10. The van der Waals surface area contributed by atoms with Crippen LogP contribution in [0.25, 0.3) is 0 Å². The van der Waals surface area contributed by atoms with Crippen molar-refractivity contribution in [2.75, 3.05) is 18.0 Å². The molecule has 2 rings (SSSR count). The van der Waals surface area contributed by atoms with Crippen molar-refractivity contribution in [2.45, 2.75) is 32.2 Å². The standard InChI is InChI=1S/C12H18BrN3/c1-9-7-11(13)12(15-8-9)16(6-5-14)10-3-2-4-10/h7-8,10H,2-6,14H2,1H3. The van der Waals surface area contributed by atoms with Crippen LogP contribution in [0.5, 0.6) is 0 Å². The average molecular weight is 284 g/mol. The molecule has 2 N–H and O–H groups in total.